The Hall–Kier alpha value is -1.49. The standard InChI is InChI=1S/C13H16N2/c1-3-12-7-9-15(10-8-12)13-6-4-5-11(2)14-13/h1,4-6,12H,7-10H2,2H3. The van der Waals surface area contributed by atoms with Crippen LogP contribution < -0.4 is 4.90 Å². The Labute approximate surface area is 91.3 Å². The van der Waals surface area contributed by atoms with Gasteiger partial charge in [0.15, 0.2) is 0 Å². The number of nitrogens with zero attached hydrogens (tertiary/aromatic N) is 2. The first kappa shape index (κ1) is 10.0. The number of aromatic nitrogens is 1. The third-order valence-electron chi connectivity index (χ3n) is 2.93. The second kappa shape index (κ2) is 4.35. The molecule has 0 amide bonds. The van der Waals surface area contributed by atoms with E-state index < -0.39 is 0 Å². The minimum Gasteiger partial charge on any atom is -0.357 e. The quantitative estimate of drug-likeness (QED) is 0.646. The highest BCUT2D eigenvalue weighted by Gasteiger charge is 2.18. The van der Waals surface area contributed by atoms with E-state index in [2.05, 4.69) is 27.9 Å². The van der Waals surface area contributed by atoms with Crippen molar-refractivity contribution in [2.75, 3.05) is 18.0 Å². The first-order chi connectivity index (χ1) is 7.29. The Morgan fingerprint density at radius 3 is 2.73 bits per heavy atom. The van der Waals surface area contributed by atoms with Gasteiger partial charge in [-0.05, 0) is 31.9 Å². The monoisotopic (exact) mass is 200 g/mol. The number of anilines is 1. The molecule has 1 aliphatic heterocycles. The van der Waals surface area contributed by atoms with Gasteiger partial charge < -0.3 is 4.90 Å². The van der Waals surface area contributed by atoms with Crippen LogP contribution in [0.1, 0.15) is 18.5 Å². The molecule has 0 bridgehead atoms. The van der Waals surface area contributed by atoms with Gasteiger partial charge in [0, 0.05) is 24.7 Å². The van der Waals surface area contributed by atoms with Crippen LogP contribution in [0.4, 0.5) is 5.82 Å². The molecule has 0 spiro atoms. The lowest BCUT2D eigenvalue weighted by Crippen LogP contribution is -2.33. The maximum Gasteiger partial charge on any atom is 0.128 e. The predicted molar refractivity (Wildman–Crippen MR) is 62.7 cm³/mol. The largest absolute Gasteiger partial charge is 0.357 e. The molecule has 0 aromatic carbocycles. The van der Waals surface area contributed by atoms with E-state index in [9.17, 15) is 0 Å². The van der Waals surface area contributed by atoms with E-state index in [4.69, 9.17) is 6.42 Å². The van der Waals surface area contributed by atoms with E-state index in [1.807, 2.05) is 13.0 Å². The molecule has 2 rings (SSSR count). The second-order valence-electron chi connectivity index (χ2n) is 4.07. The molecule has 15 heavy (non-hydrogen) atoms. The van der Waals surface area contributed by atoms with Crippen molar-refractivity contribution in [2.24, 2.45) is 5.92 Å². The predicted octanol–water partition coefficient (Wildman–Crippen LogP) is 2.24. The van der Waals surface area contributed by atoms with Gasteiger partial charge in [0.05, 0.1) is 0 Å². The van der Waals surface area contributed by atoms with Gasteiger partial charge in [-0.3, -0.25) is 0 Å². The molecule has 0 unspecified atom stereocenters. The summed E-state index contributed by atoms with van der Waals surface area (Å²) >= 11 is 0. The Balaban J connectivity index is 2.05. The molecular weight excluding hydrogens is 184 g/mol. The summed E-state index contributed by atoms with van der Waals surface area (Å²) in [5.41, 5.74) is 1.08. The molecule has 2 heteroatoms. The van der Waals surface area contributed by atoms with Gasteiger partial charge in [0.25, 0.3) is 0 Å². The summed E-state index contributed by atoms with van der Waals surface area (Å²) in [5.74, 6) is 4.39. The first-order valence-electron chi connectivity index (χ1n) is 5.44. The van der Waals surface area contributed by atoms with Crippen molar-refractivity contribution in [1.29, 1.82) is 0 Å². The van der Waals surface area contributed by atoms with Crippen molar-refractivity contribution in [3.63, 3.8) is 0 Å². The highest BCUT2D eigenvalue weighted by atomic mass is 15.2. The van der Waals surface area contributed by atoms with E-state index in [1.165, 1.54) is 0 Å². The van der Waals surface area contributed by atoms with Gasteiger partial charge in [-0.1, -0.05) is 6.07 Å². The van der Waals surface area contributed by atoms with E-state index >= 15 is 0 Å². The molecule has 0 aliphatic carbocycles. The number of hydrogen-bond acceptors (Lipinski definition) is 2. The van der Waals surface area contributed by atoms with Crippen LogP contribution in [0, 0.1) is 25.2 Å². The van der Waals surface area contributed by atoms with Crippen molar-refractivity contribution >= 4 is 5.82 Å². The van der Waals surface area contributed by atoms with E-state index in [1.54, 1.807) is 0 Å². The maximum atomic E-state index is 5.43. The molecule has 1 saturated heterocycles. The molecule has 0 atom stereocenters. The molecule has 0 N–H and O–H groups in total. The summed E-state index contributed by atoms with van der Waals surface area (Å²) in [7, 11) is 0. The van der Waals surface area contributed by atoms with Gasteiger partial charge in [-0.2, -0.15) is 0 Å². The van der Waals surface area contributed by atoms with E-state index in [-0.39, 0.29) is 0 Å². The van der Waals surface area contributed by atoms with Crippen molar-refractivity contribution in [2.45, 2.75) is 19.8 Å². The van der Waals surface area contributed by atoms with E-state index in [0.717, 1.165) is 37.4 Å². The zero-order valence-corrected chi connectivity index (χ0v) is 9.11. The minimum atomic E-state index is 0.464. The lowest BCUT2D eigenvalue weighted by molar-refractivity contribution is 0.489. The van der Waals surface area contributed by atoms with Crippen LogP contribution >= 0.6 is 0 Å². The molecule has 0 radical (unpaired) electrons. The van der Waals surface area contributed by atoms with Gasteiger partial charge in [0.2, 0.25) is 0 Å². The summed E-state index contributed by atoms with van der Waals surface area (Å²) in [6, 6.07) is 6.16. The fraction of sp³-hybridized carbons (Fsp3) is 0.462. The summed E-state index contributed by atoms with van der Waals surface area (Å²) in [5, 5.41) is 0. The van der Waals surface area contributed by atoms with E-state index in [0.29, 0.717) is 5.92 Å². The maximum absolute atomic E-state index is 5.43. The average molecular weight is 200 g/mol. The molecular formula is C13H16N2. The van der Waals surface area contributed by atoms with Crippen LogP contribution in [0.15, 0.2) is 18.2 Å². The molecule has 78 valence electrons. The third kappa shape index (κ3) is 2.30. The Morgan fingerprint density at radius 2 is 2.13 bits per heavy atom. The molecule has 1 aliphatic rings. The summed E-state index contributed by atoms with van der Waals surface area (Å²) in [4.78, 5) is 6.84. The molecule has 2 nitrogen and oxygen atoms in total. The molecule has 1 aromatic heterocycles. The number of aryl methyl sites for hydroxylation is 1. The van der Waals surface area contributed by atoms with Crippen molar-refractivity contribution in [1.82, 2.24) is 4.98 Å². The number of hydrogen-bond donors (Lipinski definition) is 0. The zero-order chi connectivity index (χ0) is 10.7. The number of terminal acetylenes is 1. The summed E-state index contributed by atoms with van der Waals surface area (Å²) in [6.07, 6.45) is 7.61. The van der Waals surface area contributed by atoms with Crippen LogP contribution in [0.25, 0.3) is 0 Å². The highest BCUT2D eigenvalue weighted by molar-refractivity contribution is 5.39. The van der Waals surface area contributed by atoms with Crippen LogP contribution in [-0.4, -0.2) is 18.1 Å². The fourth-order valence-corrected chi connectivity index (χ4v) is 1.98. The van der Waals surface area contributed by atoms with Crippen LogP contribution in [0.2, 0.25) is 0 Å². The summed E-state index contributed by atoms with van der Waals surface area (Å²) < 4.78 is 0. The molecule has 0 saturated carbocycles. The molecule has 2 heterocycles. The zero-order valence-electron chi connectivity index (χ0n) is 9.11. The van der Waals surface area contributed by atoms with Crippen molar-refractivity contribution in [3.05, 3.63) is 23.9 Å². The van der Waals surface area contributed by atoms with Crippen LogP contribution in [0.5, 0.6) is 0 Å². The summed E-state index contributed by atoms with van der Waals surface area (Å²) in [6.45, 7) is 4.09. The number of piperidine rings is 1. The van der Waals surface area contributed by atoms with Crippen LogP contribution in [-0.2, 0) is 0 Å². The number of rotatable bonds is 1. The topological polar surface area (TPSA) is 16.1 Å². The molecule has 1 fully saturated rings. The Kier molecular flexibility index (Phi) is 2.91. The fourth-order valence-electron chi connectivity index (χ4n) is 1.98. The van der Waals surface area contributed by atoms with Crippen molar-refractivity contribution < 1.29 is 0 Å². The van der Waals surface area contributed by atoms with Gasteiger partial charge in [-0.25, -0.2) is 4.98 Å². The highest BCUT2D eigenvalue weighted by Crippen LogP contribution is 2.21. The normalized spacial score (nSPS) is 17.5. The van der Waals surface area contributed by atoms with Gasteiger partial charge >= 0.3 is 0 Å². The molecule has 1 aromatic rings. The van der Waals surface area contributed by atoms with Crippen molar-refractivity contribution in [3.8, 4) is 12.3 Å². The minimum absolute atomic E-state index is 0.464. The number of pyridine rings is 1. The average Bonchev–Trinajstić information content (AvgIpc) is 2.29. The first-order valence-corrected chi connectivity index (χ1v) is 5.44. The van der Waals surface area contributed by atoms with Gasteiger partial charge in [-0.15, -0.1) is 12.3 Å². The lowest BCUT2D eigenvalue weighted by atomic mass is 9.98. The smallest absolute Gasteiger partial charge is 0.128 e. The van der Waals surface area contributed by atoms with Gasteiger partial charge in [0.1, 0.15) is 5.82 Å². The Morgan fingerprint density at radius 1 is 1.40 bits per heavy atom. The lowest BCUT2D eigenvalue weighted by Gasteiger charge is -2.30. The Bertz CT molecular complexity index is 370. The SMILES string of the molecule is C#CC1CCN(c2cccc(C)n2)CC1. The van der Waals surface area contributed by atoms with Crippen LogP contribution in [0.3, 0.4) is 0 Å². The second-order valence-corrected chi connectivity index (χ2v) is 4.07. The third-order valence-corrected chi connectivity index (χ3v) is 2.93.